The van der Waals surface area contributed by atoms with E-state index in [0.29, 0.717) is 18.3 Å². The van der Waals surface area contributed by atoms with E-state index >= 15 is 0 Å². The zero-order valence-corrected chi connectivity index (χ0v) is 14.4. The highest BCUT2D eigenvalue weighted by molar-refractivity contribution is 5.55. The molecule has 6 heteroatoms. The van der Waals surface area contributed by atoms with E-state index in [1.54, 1.807) is 7.11 Å². The number of hydrogen-bond acceptors (Lipinski definition) is 6. The van der Waals surface area contributed by atoms with Crippen LogP contribution in [0.2, 0.25) is 0 Å². The molecule has 0 aliphatic carbocycles. The van der Waals surface area contributed by atoms with Crippen LogP contribution in [-0.4, -0.2) is 29.3 Å². The lowest BCUT2D eigenvalue weighted by molar-refractivity contribution is 0.282. The highest BCUT2D eigenvalue weighted by Crippen LogP contribution is 2.25. The Balaban J connectivity index is 1.64. The second-order valence-corrected chi connectivity index (χ2v) is 5.85. The smallest absolute Gasteiger partial charge is 0.251 e. The standard InChI is InChI=1S/C18H21N3O3/c1-12-9-16(13(2)23-12)18-20-19-17(24-18)11-21(3)10-14-5-7-15(22-4)8-6-14/h5-9H,10-11H2,1-4H3. The number of benzene rings is 1. The van der Waals surface area contributed by atoms with Gasteiger partial charge in [-0.25, -0.2) is 0 Å². The monoisotopic (exact) mass is 327 g/mol. The molecule has 0 amide bonds. The quantitative estimate of drug-likeness (QED) is 0.689. The topological polar surface area (TPSA) is 64.5 Å². The van der Waals surface area contributed by atoms with Crippen molar-refractivity contribution in [3.63, 3.8) is 0 Å². The second-order valence-electron chi connectivity index (χ2n) is 5.85. The summed E-state index contributed by atoms with van der Waals surface area (Å²) < 4.78 is 16.4. The van der Waals surface area contributed by atoms with E-state index in [0.717, 1.165) is 29.4 Å². The van der Waals surface area contributed by atoms with Gasteiger partial charge in [-0.1, -0.05) is 12.1 Å². The Bertz CT molecular complexity index is 805. The first-order valence-electron chi connectivity index (χ1n) is 7.76. The zero-order valence-electron chi connectivity index (χ0n) is 14.4. The van der Waals surface area contributed by atoms with Crippen molar-refractivity contribution in [3.05, 3.63) is 53.3 Å². The third-order valence-electron chi connectivity index (χ3n) is 3.75. The maximum Gasteiger partial charge on any atom is 0.251 e. The van der Waals surface area contributed by atoms with Crippen molar-refractivity contribution in [3.8, 4) is 17.2 Å². The van der Waals surface area contributed by atoms with Gasteiger partial charge in [-0.2, -0.15) is 0 Å². The molecule has 0 bridgehead atoms. The lowest BCUT2D eigenvalue weighted by atomic mass is 10.2. The summed E-state index contributed by atoms with van der Waals surface area (Å²) in [6.45, 7) is 5.15. The molecule has 0 saturated carbocycles. The summed E-state index contributed by atoms with van der Waals surface area (Å²) in [5.41, 5.74) is 2.04. The van der Waals surface area contributed by atoms with Gasteiger partial charge >= 0.3 is 0 Å². The third kappa shape index (κ3) is 3.65. The molecule has 3 aromatic rings. The van der Waals surface area contributed by atoms with E-state index in [1.807, 2.05) is 51.2 Å². The Morgan fingerprint density at radius 1 is 1.04 bits per heavy atom. The molecule has 0 saturated heterocycles. The fraction of sp³-hybridized carbons (Fsp3) is 0.333. The molecule has 0 fully saturated rings. The number of methoxy groups -OCH3 is 1. The fourth-order valence-corrected chi connectivity index (χ4v) is 2.60. The van der Waals surface area contributed by atoms with Crippen molar-refractivity contribution in [2.45, 2.75) is 26.9 Å². The Kier molecular flexibility index (Phi) is 4.66. The predicted molar refractivity (Wildman–Crippen MR) is 89.6 cm³/mol. The van der Waals surface area contributed by atoms with Gasteiger partial charge in [-0.3, -0.25) is 4.90 Å². The Morgan fingerprint density at radius 2 is 1.79 bits per heavy atom. The van der Waals surface area contributed by atoms with E-state index in [4.69, 9.17) is 13.6 Å². The Morgan fingerprint density at radius 3 is 2.42 bits per heavy atom. The zero-order chi connectivity index (χ0) is 17.1. The van der Waals surface area contributed by atoms with E-state index in [-0.39, 0.29) is 0 Å². The molecule has 2 heterocycles. The first-order valence-corrected chi connectivity index (χ1v) is 7.76. The van der Waals surface area contributed by atoms with Crippen LogP contribution in [0.5, 0.6) is 5.75 Å². The highest BCUT2D eigenvalue weighted by Gasteiger charge is 2.15. The number of ether oxygens (including phenoxy) is 1. The summed E-state index contributed by atoms with van der Waals surface area (Å²) in [6.07, 6.45) is 0. The lowest BCUT2D eigenvalue weighted by Gasteiger charge is -2.14. The average molecular weight is 327 g/mol. The van der Waals surface area contributed by atoms with Crippen LogP contribution in [0.3, 0.4) is 0 Å². The molecule has 2 aromatic heterocycles. The highest BCUT2D eigenvalue weighted by atomic mass is 16.5. The van der Waals surface area contributed by atoms with E-state index in [2.05, 4.69) is 15.1 Å². The number of nitrogens with zero attached hydrogens (tertiary/aromatic N) is 3. The summed E-state index contributed by atoms with van der Waals surface area (Å²) in [5.74, 6) is 3.55. The van der Waals surface area contributed by atoms with Crippen molar-refractivity contribution < 1.29 is 13.6 Å². The molecule has 0 unspecified atom stereocenters. The van der Waals surface area contributed by atoms with Crippen LogP contribution >= 0.6 is 0 Å². The van der Waals surface area contributed by atoms with Gasteiger partial charge in [0.2, 0.25) is 5.89 Å². The third-order valence-corrected chi connectivity index (χ3v) is 3.75. The van der Waals surface area contributed by atoms with Crippen LogP contribution in [0.1, 0.15) is 23.0 Å². The summed E-state index contributed by atoms with van der Waals surface area (Å²) in [7, 11) is 3.68. The summed E-state index contributed by atoms with van der Waals surface area (Å²) >= 11 is 0. The average Bonchev–Trinajstić information content (AvgIpc) is 3.14. The molecule has 3 rings (SSSR count). The largest absolute Gasteiger partial charge is 0.497 e. The van der Waals surface area contributed by atoms with E-state index in [9.17, 15) is 0 Å². The van der Waals surface area contributed by atoms with Crippen molar-refractivity contribution in [1.82, 2.24) is 15.1 Å². The molecular formula is C18H21N3O3. The number of aromatic nitrogens is 2. The number of furan rings is 1. The molecule has 126 valence electrons. The molecule has 0 N–H and O–H groups in total. The Labute approximate surface area is 141 Å². The van der Waals surface area contributed by atoms with Crippen molar-refractivity contribution in [2.75, 3.05) is 14.2 Å². The van der Waals surface area contributed by atoms with Crippen molar-refractivity contribution in [2.24, 2.45) is 0 Å². The first-order chi connectivity index (χ1) is 11.5. The number of hydrogen-bond donors (Lipinski definition) is 0. The minimum atomic E-state index is 0.497. The minimum Gasteiger partial charge on any atom is -0.497 e. The fourth-order valence-electron chi connectivity index (χ4n) is 2.60. The summed E-state index contributed by atoms with van der Waals surface area (Å²) in [5, 5.41) is 8.26. The van der Waals surface area contributed by atoms with E-state index < -0.39 is 0 Å². The van der Waals surface area contributed by atoms with E-state index in [1.165, 1.54) is 5.56 Å². The minimum absolute atomic E-state index is 0.497. The first kappa shape index (κ1) is 16.3. The van der Waals surface area contributed by atoms with Crippen LogP contribution in [0.25, 0.3) is 11.5 Å². The van der Waals surface area contributed by atoms with Crippen molar-refractivity contribution >= 4 is 0 Å². The Hall–Kier alpha value is -2.60. The number of rotatable bonds is 6. The molecule has 0 atom stereocenters. The van der Waals surface area contributed by atoms with Gasteiger partial charge in [0.1, 0.15) is 17.3 Å². The van der Waals surface area contributed by atoms with Gasteiger partial charge in [0.05, 0.1) is 19.2 Å². The molecule has 0 aliphatic heterocycles. The lowest BCUT2D eigenvalue weighted by Crippen LogP contribution is -2.17. The van der Waals surface area contributed by atoms with Crippen LogP contribution in [0, 0.1) is 13.8 Å². The molecule has 24 heavy (non-hydrogen) atoms. The van der Waals surface area contributed by atoms with Crippen molar-refractivity contribution in [1.29, 1.82) is 0 Å². The van der Waals surface area contributed by atoms with Gasteiger partial charge in [0.15, 0.2) is 0 Å². The molecule has 1 aromatic carbocycles. The van der Waals surface area contributed by atoms with Crippen LogP contribution in [0.15, 0.2) is 39.2 Å². The molecule has 0 aliphatic rings. The molecular weight excluding hydrogens is 306 g/mol. The van der Waals surface area contributed by atoms with Crippen LogP contribution < -0.4 is 4.74 Å². The normalized spacial score (nSPS) is 11.2. The summed E-state index contributed by atoms with van der Waals surface area (Å²) in [4.78, 5) is 2.12. The summed E-state index contributed by atoms with van der Waals surface area (Å²) in [6, 6.07) is 9.92. The van der Waals surface area contributed by atoms with Gasteiger partial charge in [-0.05, 0) is 44.7 Å². The van der Waals surface area contributed by atoms with Gasteiger partial charge in [-0.15, -0.1) is 10.2 Å². The predicted octanol–water partition coefficient (Wildman–Crippen LogP) is 3.59. The van der Waals surface area contributed by atoms with Crippen LogP contribution in [-0.2, 0) is 13.1 Å². The van der Waals surface area contributed by atoms with Gasteiger partial charge < -0.3 is 13.6 Å². The maximum absolute atomic E-state index is 5.76. The molecule has 6 nitrogen and oxygen atoms in total. The molecule has 0 spiro atoms. The SMILES string of the molecule is COc1ccc(CN(C)Cc2nnc(-c3cc(C)oc3C)o2)cc1. The maximum atomic E-state index is 5.76. The van der Waals surface area contributed by atoms with Crippen LogP contribution in [0.4, 0.5) is 0 Å². The molecule has 0 radical (unpaired) electrons. The number of aryl methyl sites for hydroxylation is 2. The second kappa shape index (κ2) is 6.88. The van der Waals surface area contributed by atoms with Gasteiger partial charge in [0.25, 0.3) is 5.89 Å². The van der Waals surface area contributed by atoms with Gasteiger partial charge in [0, 0.05) is 6.54 Å².